The molecule has 34 heavy (non-hydrogen) atoms. The van der Waals surface area contributed by atoms with Crippen LogP contribution in [-0.4, -0.2) is 29.7 Å². The second-order valence-corrected chi connectivity index (χ2v) is 8.59. The SMILES string of the molecule is CCCOc1ccc(C(=O)NC(=S)Nc2ccc3oc(-c4ccc(OC)c(Br)c4)nc3c2)cc1. The lowest BCUT2D eigenvalue weighted by atomic mass is 10.2. The summed E-state index contributed by atoms with van der Waals surface area (Å²) in [6.07, 6.45) is 0.920. The fraction of sp³-hybridized carbons (Fsp3) is 0.160. The molecule has 0 saturated heterocycles. The number of nitrogens with one attached hydrogen (secondary N) is 2. The summed E-state index contributed by atoms with van der Waals surface area (Å²) >= 11 is 8.79. The number of amides is 1. The van der Waals surface area contributed by atoms with E-state index in [0.717, 1.165) is 28.0 Å². The van der Waals surface area contributed by atoms with Crippen LogP contribution in [0.25, 0.3) is 22.6 Å². The molecule has 7 nitrogen and oxygen atoms in total. The molecule has 0 bridgehead atoms. The maximum Gasteiger partial charge on any atom is 0.257 e. The Bertz CT molecular complexity index is 1340. The summed E-state index contributed by atoms with van der Waals surface area (Å²) < 4.78 is 17.5. The number of carbonyl (C=O) groups is 1. The Kier molecular flexibility index (Phi) is 7.44. The first-order valence-corrected chi connectivity index (χ1v) is 11.8. The molecule has 4 rings (SSSR count). The van der Waals surface area contributed by atoms with Crippen LogP contribution in [0.15, 0.2) is 69.6 Å². The van der Waals surface area contributed by atoms with E-state index in [4.69, 9.17) is 26.1 Å². The number of thiocarbonyl (C=S) groups is 1. The number of ether oxygens (including phenoxy) is 2. The Hall–Kier alpha value is -3.43. The number of aromatic nitrogens is 1. The molecule has 0 saturated carbocycles. The molecule has 1 heterocycles. The number of fused-ring (bicyclic) bond motifs is 1. The van der Waals surface area contributed by atoms with Crippen LogP contribution >= 0.6 is 28.1 Å². The van der Waals surface area contributed by atoms with Crippen LogP contribution in [0.1, 0.15) is 23.7 Å². The van der Waals surface area contributed by atoms with Crippen LogP contribution in [0.5, 0.6) is 11.5 Å². The molecule has 3 aromatic carbocycles. The number of carbonyl (C=O) groups excluding carboxylic acids is 1. The quantitative estimate of drug-likeness (QED) is 0.271. The van der Waals surface area contributed by atoms with Crippen LogP contribution in [0.3, 0.4) is 0 Å². The average Bonchev–Trinajstić information content (AvgIpc) is 3.26. The third-order valence-electron chi connectivity index (χ3n) is 4.86. The highest BCUT2D eigenvalue weighted by Gasteiger charge is 2.13. The maximum atomic E-state index is 12.5. The third-order valence-corrected chi connectivity index (χ3v) is 5.68. The summed E-state index contributed by atoms with van der Waals surface area (Å²) in [5, 5.41) is 5.88. The Balaban J connectivity index is 1.42. The van der Waals surface area contributed by atoms with Gasteiger partial charge in [0.2, 0.25) is 5.89 Å². The van der Waals surface area contributed by atoms with E-state index in [1.165, 1.54) is 0 Å². The van der Waals surface area contributed by atoms with Crippen molar-refractivity contribution in [2.24, 2.45) is 0 Å². The molecule has 9 heteroatoms. The molecule has 2 N–H and O–H groups in total. The summed E-state index contributed by atoms with van der Waals surface area (Å²) in [6.45, 7) is 2.67. The number of hydrogen-bond acceptors (Lipinski definition) is 6. The minimum atomic E-state index is -0.311. The monoisotopic (exact) mass is 539 g/mol. The summed E-state index contributed by atoms with van der Waals surface area (Å²) in [6, 6.07) is 17.9. The summed E-state index contributed by atoms with van der Waals surface area (Å²) in [7, 11) is 1.61. The van der Waals surface area contributed by atoms with Gasteiger partial charge in [0, 0.05) is 16.8 Å². The fourth-order valence-electron chi connectivity index (χ4n) is 3.19. The lowest BCUT2D eigenvalue weighted by Gasteiger charge is -2.10. The van der Waals surface area contributed by atoms with Crippen LogP contribution in [0, 0.1) is 0 Å². The smallest absolute Gasteiger partial charge is 0.257 e. The predicted molar refractivity (Wildman–Crippen MR) is 140 cm³/mol. The van der Waals surface area contributed by atoms with Gasteiger partial charge in [-0.2, -0.15) is 0 Å². The van der Waals surface area contributed by atoms with Crippen molar-refractivity contribution in [1.29, 1.82) is 0 Å². The Morgan fingerprint density at radius 3 is 2.62 bits per heavy atom. The molecule has 0 unspecified atom stereocenters. The van der Waals surface area contributed by atoms with Gasteiger partial charge < -0.3 is 19.2 Å². The molecule has 0 fully saturated rings. The lowest BCUT2D eigenvalue weighted by molar-refractivity contribution is 0.0977. The van der Waals surface area contributed by atoms with Gasteiger partial charge in [0.1, 0.15) is 17.0 Å². The number of rotatable bonds is 7. The average molecular weight is 540 g/mol. The fourth-order valence-corrected chi connectivity index (χ4v) is 3.94. The van der Waals surface area contributed by atoms with Gasteiger partial charge in [-0.15, -0.1) is 0 Å². The van der Waals surface area contributed by atoms with Gasteiger partial charge >= 0.3 is 0 Å². The zero-order valence-electron chi connectivity index (χ0n) is 18.6. The van der Waals surface area contributed by atoms with E-state index in [-0.39, 0.29) is 11.0 Å². The number of hydrogen-bond donors (Lipinski definition) is 2. The first-order valence-electron chi connectivity index (χ1n) is 10.6. The third kappa shape index (κ3) is 5.55. The van der Waals surface area contributed by atoms with E-state index in [1.54, 1.807) is 49.6 Å². The van der Waals surface area contributed by atoms with Crippen molar-refractivity contribution >= 4 is 56.0 Å². The minimum Gasteiger partial charge on any atom is -0.496 e. The van der Waals surface area contributed by atoms with Crippen LogP contribution in [-0.2, 0) is 0 Å². The first kappa shape index (κ1) is 23.7. The maximum absolute atomic E-state index is 12.5. The molecular formula is C25H22BrN3O4S. The Morgan fingerprint density at radius 2 is 1.91 bits per heavy atom. The number of oxazole rings is 1. The van der Waals surface area contributed by atoms with E-state index >= 15 is 0 Å². The molecule has 1 amide bonds. The van der Waals surface area contributed by atoms with Gasteiger partial charge in [-0.1, -0.05) is 6.92 Å². The molecule has 0 aliphatic heterocycles. The lowest BCUT2D eigenvalue weighted by Crippen LogP contribution is -2.34. The van der Waals surface area contributed by atoms with E-state index < -0.39 is 0 Å². The van der Waals surface area contributed by atoms with E-state index in [0.29, 0.717) is 34.8 Å². The van der Waals surface area contributed by atoms with E-state index in [1.807, 2.05) is 25.1 Å². The Morgan fingerprint density at radius 1 is 1.12 bits per heavy atom. The number of methoxy groups -OCH3 is 1. The predicted octanol–water partition coefficient (Wildman–Crippen LogP) is 6.18. The topological polar surface area (TPSA) is 85.6 Å². The summed E-state index contributed by atoms with van der Waals surface area (Å²) in [4.78, 5) is 17.1. The molecule has 0 spiro atoms. The second-order valence-electron chi connectivity index (χ2n) is 7.33. The van der Waals surface area contributed by atoms with Gasteiger partial charge in [-0.3, -0.25) is 10.1 Å². The van der Waals surface area contributed by atoms with Crippen molar-refractivity contribution < 1.29 is 18.7 Å². The standard InChI is InChI=1S/C25H22BrN3O4S/c1-3-12-32-18-8-4-15(5-9-18)23(30)29-25(34)27-17-7-11-22-20(14-17)28-24(33-22)16-6-10-21(31-2)19(26)13-16/h4-11,13-14H,3,12H2,1-2H3,(H2,27,29,30,34). The number of nitrogens with zero attached hydrogens (tertiary/aromatic N) is 1. The van der Waals surface area contributed by atoms with Crippen molar-refractivity contribution in [2.75, 3.05) is 19.0 Å². The highest BCUT2D eigenvalue weighted by atomic mass is 79.9. The number of halogens is 1. The normalized spacial score (nSPS) is 10.7. The minimum absolute atomic E-state index is 0.179. The number of anilines is 1. The number of benzene rings is 3. The van der Waals surface area contributed by atoms with Crippen LogP contribution < -0.4 is 20.1 Å². The van der Waals surface area contributed by atoms with Crippen molar-refractivity contribution in [3.8, 4) is 23.0 Å². The van der Waals surface area contributed by atoms with Crippen molar-refractivity contribution in [2.45, 2.75) is 13.3 Å². The molecule has 0 radical (unpaired) electrons. The molecule has 0 atom stereocenters. The summed E-state index contributed by atoms with van der Waals surface area (Å²) in [5.74, 6) is 1.62. The van der Waals surface area contributed by atoms with Crippen molar-refractivity contribution in [1.82, 2.24) is 10.3 Å². The van der Waals surface area contributed by atoms with Crippen molar-refractivity contribution in [3.05, 3.63) is 70.7 Å². The van der Waals surface area contributed by atoms with Gasteiger partial charge in [-0.05, 0) is 95.2 Å². The highest BCUT2D eigenvalue weighted by Crippen LogP contribution is 2.32. The second kappa shape index (κ2) is 10.7. The van der Waals surface area contributed by atoms with Gasteiger partial charge in [0.05, 0.1) is 18.2 Å². The molecule has 0 aliphatic carbocycles. The molecule has 174 valence electrons. The molecular weight excluding hydrogens is 518 g/mol. The van der Waals surface area contributed by atoms with Gasteiger partial charge in [0.25, 0.3) is 5.91 Å². The van der Waals surface area contributed by atoms with Crippen molar-refractivity contribution in [3.63, 3.8) is 0 Å². The largest absolute Gasteiger partial charge is 0.496 e. The molecule has 4 aromatic rings. The molecule has 1 aromatic heterocycles. The molecule has 0 aliphatic rings. The van der Waals surface area contributed by atoms with Gasteiger partial charge in [-0.25, -0.2) is 4.98 Å². The zero-order chi connectivity index (χ0) is 24.1. The van der Waals surface area contributed by atoms with E-state index in [2.05, 4.69) is 31.5 Å². The van der Waals surface area contributed by atoms with Crippen LogP contribution in [0.4, 0.5) is 5.69 Å². The highest BCUT2D eigenvalue weighted by molar-refractivity contribution is 9.10. The Labute approximate surface area is 210 Å². The van der Waals surface area contributed by atoms with Gasteiger partial charge in [0.15, 0.2) is 10.7 Å². The first-order chi connectivity index (χ1) is 16.5. The summed E-state index contributed by atoms with van der Waals surface area (Å²) in [5.41, 5.74) is 3.26. The zero-order valence-corrected chi connectivity index (χ0v) is 21.0. The van der Waals surface area contributed by atoms with E-state index in [9.17, 15) is 4.79 Å². The van der Waals surface area contributed by atoms with Crippen LogP contribution in [0.2, 0.25) is 0 Å².